The number of rotatable bonds is 7. The van der Waals surface area contributed by atoms with Crippen molar-refractivity contribution in [1.82, 2.24) is 14.8 Å². The van der Waals surface area contributed by atoms with E-state index < -0.39 is 0 Å². The van der Waals surface area contributed by atoms with E-state index in [1.54, 1.807) is 0 Å². The molecule has 0 spiro atoms. The summed E-state index contributed by atoms with van der Waals surface area (Å²) in [7, 11) is 0. The molecule has 7 nitrogen and oxygen atoms in total. The smallest absolute Gasteiger partial charge is 0.237 e. The summed E-state index contributed by atoms with van der Waals surface area (Å²) in [4.78, 5) is 25.7. The van der Waals surface area contributed by atoms with Gasteiger partial charge in [-0.25, -0.2) is 0 Å². The average molecular weight is 371 g/mol. The summed E-state index contributed by atoms with van der Waals surface area (Å²) in [6.07, 6.45) is 3.34. The molecule has 1 fully saturated rings. The van der Waals surface area contributed by atoms with Gasteiger partial charge in [0.15, 0.2) is 5.16 Å². The van der Waals surface area contributed by atoms with Crippen molar-refractivity contribution in [3.05, 3.63) is 35.7 Å². The fourth-order valence-corrected chi connectivity index (χ4v) is 4.13. The first-order valence-electron chi connectivity index (χ1n) is 8.86. The Morgan fingerprint density at radius 1 is 1.23 bits per heavy atom. The van der Waals surface area contributed by atoms with E-state index in [0.717, 1.165) is 37.3 Å². The zero-order valence-corrected chi connectivity index (χ0v) is 15.2. The van der Waals surface area contributed by atoms with Crippen molar-refractivity contribution in [3.63, 3.8) is 0 Å². The third kappa shape index (κ3) is 3.46. The minimum Gasteiger partial charge on any atom is -0.370 e. The van der Waals surface area contributed by atoms with E-state index in [-0.39, 0.29) is 18.2 Å². The molecule has 8 heteroatoms. The Morgan fingerprint density at radius 2 is 2.04 bits per heavy atom. The monoisotopic (exact) mass is 371 g/mol. The normalized spacial score (nSPS) is 15.9. The zero-order chi connectivity index (χ0) is 18.1. The number of amides is 2. The second-order valence-electron chi connectivity index (χ2n) is 6.70. The van der Waals surface area contributed by atoms with Gasteiger partial charge >= 0.3 is 0 Å². The number of nitrogens with zero attached hydrogens (tertiary/aromatic N) is 4. The van der Waals surface area contributed by atoms with Gasteiger partial charge < -0.3 is 15.2 Å². The zero-order valence-electron chi connectivity index (χ0n) is 14.4. The summed E-state index contributed by atoms with van der Waals surface area (Å²) < 4.78 is 1.96. The maximum atomic E-state index is 12.7. The van der Waals surface area contributed by atoms with Crippen molar-refractivity contribution in [2.75, 3.05) is 17.2 Å². The van der Waals surface area contributed by atoms with E-state index in [1.165, 1.54) is 17.3 Å². The number of anilines is 1. The molecule has 0 saturated heterocycles. The van der Waals surface area contributed by atoms with Crippen LogP contribution in [0.4, 0.5) is 5.69 Å². The average Bonchev–Trinajstić information content (AvgIpc) is 3.26. The van der Waals surface area contributed by atoms with Crippen LogP contribution < -0.4 is 10.6 Å². The van der Waals surface area contributed by atoms with Gasteiger partial charge in [0.05, 0.1) is 5.75 Å². The predicted molar refractivity (Wildman–Crippen MR) is 99.0 cm³/mol. The number of primary amides is 1. The molecule has 2 aromatic rings. The number of carbonyl (C=O) groups is 2. The predicted octanol–water partition coefficient (Wildman–Crippen LogP) is 1.71. The number of hydrogen-bond acceptors (Lipinski definition) is 5. The molecule has 1 aromatic carbocycles. The lowest BCUT2D eigenvalue weighted by atomic mass is 10.2. The highest BCUT2D eigenvalue weighted by Crippen LogP contribution is 2.40. The molecule has 1 aliphatic heterocycles. The van der Waals surface area contributed by atoms with Gasteiger partial charge in [-0.15, -0.1) is 10.2 Å². The lowest BCUT2D eigenvalue weighted by Gasteiger charge is -2.17. The molecular weight excluding hydrogens is 350 g/mol. The maximum absolute atomic E-state index is 12.7. The van der Waals surface area contributed by atoms with Crippen molar-refractivity contribution in [2.24, 2.45) is 5.73 Å². The van der Waals surface area contributed by atoms with E-state index in [2.05, 4.69) is 16.3 Å². The highest BCUT2D eigenvalue weighted by molar-refractivity contribution is 7.99. The van der Waals surface area contributed by atoms with Gasteiger partial charge in [-0.2, -0.15) is 0 Å². The van der Waals surface area contributed by atoms with Gasteiger partial charge in [-0.3, -0.25) is 9.59 Å². The van der Waals surface area contributed by atoms with Crippen LogP contribution >= 0.6 is 11.8 Å². The van der Waals surface area contributed by atoms with Gasteiger partial charge in [0.25, 0.3) is 0 Å². The molecule has 0 atom stereocenters. The second-order valence-corrected chi connectivity index (χ2v) is 7.64. The lowest BCUT2D eigenvalue weighted by Crippen LogP contribution is -2.30. The van der Waals surface area contributed by atoms with Crippen LogP contribution in [0.1, 0.15) is 36.6 Å². The van der Waals surface area contributed by atoms with Crippen LogP contribution in [0.3, 0.4) is 0 Å². The molecule has 2 aliphatic rings. The van der Waals surface area contributed by atoms with Gasteiger partial charge in [0.2, 0.25) is 11.8 Å². The Labute approximate surface area is 155 Å². The van der Waals surface area contributed by atoms with Crippen molar-refractivity contribution in [1.29, 1.82) is 0 Å². The first-order chi connectivity index (χ1) is 12.6. The quantitative estimate of drug-likeness (QED) is 0.748. The van der Waals surface area contributed by atoms with Crippen LogP contribution in [0, 0.1) is 0 Å². The number of thioether (sulfide) groups is 1. The number of carbonyl (C=O) groups excluding carboxylic acids is 2. The molecule has 2 amide bonds. The fourth-order valence-electron chi connectivity index (χ4n) is 3.28. The molecule has 2 N–H and O–H groups in total. The minimum absolute atomic E-state index is 0.0670. The molecule has 2 heterocycles. The Bertz CT molecular complexity index is 846. The van der Waals surface area contributed by atoms with Crippen LogP contribution in [0.15, 0.2) is 29.4 Å². The summed E-state index contributed by atoms with van der Waals surface area (Å²) in [5, 5.41) is 9.22. The Balaban J connectivity index is 1.44. The van der Waals surface area contributed by atoms with Crippen molar-refractivity contribution in [2.45, 2.75) is 43.3 Å². The summed E-state index contributed by atoms with van der Waals surface area (Å²) in [6.45, 7) is 1.19. The Morgan fingerprint density at radius 3 is 2.81 bits per heavy atom. The number of fused-ring (bicyclic) bond motifs is 1. The summed E-state index contributed by atoms with van der Waals surface area (Å²) in [6, 6.07) is 8.02. The highest BCUT2D eigenvalue weighted by atomic mass is 32.2. The molecule has 26 heavy (non-hydrogen) atoms. The number of para-hydroxylation sites is 1. The van der Waals surface area contributed by atoms with E-state index in [0.29, 0.717) is 23.4 Å². The molecule has 1 aliphatic carbocycles. The molecule has 1 aromatic heterocycles. The number of hydrogen-bond donors (Lipinski definition) is 1. The van der Waals surface area contributed by atoms with Crippen molar-refractivity contribution in [3.8, 4) is 0 Å². The van der Waals surface area contributed by atoms with Crippen LogP contribution in [0.2, 0.25) is 0 Å². The second kappa shape index (κ2) is 7.11. The highest BCUT2D eigenvalue weighted by Gasteiger charge is 2.31. The van der Waals surface area contributed by atoms with E-state index in [9.17, 15) is 9.59 Å². The number of nitrogens with two attached hydrogens (primary N) is 1. The minimum atomic E-state index is -0.346. The Kier molecular flexibility index (Phi) is 4.67. The van der Waals surface area contributed by atoms with Crippen LogP contribution in [-0.4, -0.2) is 38.9 Å². The van der Waals surface area contributed by atoms with Crippen molar-refractivity contribution < 1.29 is 9.59 Å². The van der Waals surface area contributed by atoms with Crippen molar-refractivity contribution >= 4 is 29.3 Å². The topological polar surface area (TPSA) is 94.1 Å². The molecule has 4 rings (SSSR count). The van der Waals surface area contributed by atoms with E-state index in [1.807, 2.05) is 27.7 Å². The summed E-state index contributed by atoms with van der Waals surface area (Å²) >= 11 is 1.38. The molecular formula is C18H21N5O2S. The number of aromatic nitrogens is 3. The standard InChI is InChI=1S/C18H21N5O2S/c19-15(24)8-10-23-17(13-5-6-13)20-21-18(23)26-11-16(25)22-9-7-12-3-1-2-4-14(12)22/h1-4,13H,5-11H2,(H2,19,24). The largest absolute Gasteiger partial charge is 0.370 e. The third-order valence-electron chi connectivity index (χ3n) is 4.78. The van der Waals surface area contributed by atoms with Gasteiger partial charge in [-0.05, 0) is 30.9 Å². The fraction of sp³-hybridized carbons (Fsp3) is 0.444. The molecule has 0 radical (unpaired) electrons. The lowest BCUT2D eigenvalue weighted by molar-refractivity contribution is -0.118. The molecule has 1 saturated carbocycles. The maximum Gasteiger partial charge on any atom is 0.237 e. The molecule has 0 unspecified atom stereocenters. The molecule has 136 valence electrons. The summed E-state index contributed by atoms with van der Waals surface area (Å²) in [5.41, 5.74) is 7.51. The van der Waals surface area contributed by atoms with Crippen LogP contribution in [-0.2, 0) is 22.6 Å². The van der Waals surface area contributed by atoms with E-state index in [4.69, 9.17) is 5.73 Å². The van der Waals surface area contributed by atoms with Crippen LogP contribution in [0.5, 0.6) is 0 Å². The van der Waals surface area contributed by atoms with Gasteiger partial charge in [0, 0.05) is 31.1 Å². The van der Waals surface area contributed by atoms with E-state index >= 15 is 0 Å². The van der Waals surface area contributed by atoms with Gasteiger partial charge in [0.1, 0.15) is 5.82 Å². The first kappa shape index (κ1) is 17.1. The van der Waals surface area contributed by atoms with Gasteiger partial charge in [-0.1, -0.05) is 30.0 Å². The molecule has 0 bridgehead atoms. The third-order valence-corrected chi connectivity index (χ3v) is 5.73. The number of benzene rings is 1. The Hall–Kier alpha value is -2.35. The van der Waals surface area contributed by atoms with Crippen LogP contribution in [0.25, 0.3) is 0 Å². The first-order valence-corrected chi connectivity index (χ1v) is 9.84. The summed E-state index contributed by atoms with van der Waals surface area (Å²) in [5.74, 6) is 1.35. The SMILES string of the molecule is NC(=O)CCn1c(SCC(=O)N2CCc3ccccc32)nnc1C1CC1.